The van der Waals surface area contributed by atoms with Gasteiger partial charge in [-0.15, -0.1) is 0 Å². The lowest BCUT2D eigenvalue weighted by Crippen LogP contribution is -3.07. The average Bonchev–Trinajstić information content (AvgIpc) is 2.23. The van der Waals surface area contributed by atoms with E-state index >= 15 is 0 Å². The summed E-state index contributed by atoms with van der Waals surface area (Å²) in [6, 6.07) is 0. The Labute approximate surface area is 93.8 Å². The first-order valence-corrected chi connectivity index (χ1v) is 5.78. The number of rotatable bonds is 3. The molecule has 16 heavy (non-hydrogen) atoms. The van der Waals surface area contributed by atoms with E-state index < -0.39 is 40.7 Å². The molecule has 1 rings (SSSR count). The quantitative estimate of drug-likeness (QED) is 0.360. The minimum atomic E-state index is -2.11. The molecule has 0 saturated heterocycles. The molecule has 1 nitrogen and oxygen atoms in total. The molecule has 1 aromatic carbocycles. The molecule has 0 bridgehead atoms. The normalized spacial score (nSPS) is 11.2. The molecule has 0 atom stereocenters. The van der Waals surface area contributed by atoms with Gasteiger partial charge in [-0.3, -0.25) is 11.6 Å². The molecule has 0 saturated carbocycles. The standard InChI is InChI=1S/C8H9BF5NS/c1-15(2)9-16-8-6(13)4(11)3(10)5(12)7(8)14/h15H,9H2,1-2H3. The van der Waals surface area contributed by atoms with Gasteiger partial charge in [0.05, 0.1) is 4.90 Å². The number of hydrogen-bond acceptors (Lipinski definition) is 1. The van der Waals surface area contributed by atoms with E-state index in [0.717, 1.165) is 4.81 Å². The Bertz CT molecular complexity index is 383. The van der Waals surface area contributed by atoms with Crippen LogP contribution in [0.25, 0.3) is 0 Å². The van der Waals surface area contributed by atoms with Crippen molar-refractivity contribution in [3.8, 4) is 0 Å². The molecular formula is C8H9BF5NS. The number of halogens is 5. The van der Waals surface area contributed by atoms with Gasteiger partial charge < -0.3 is 4.81 Å². The third-order valence-corrected chi connectivity index (χ3v) is 3.67. The molecule has 0 unspecified atom stereocenters. The van der Waals surface area contributed by atoms with Gasteiger partial charge in [-0.1, -0.05) is 0 Å². The maximum atomic E-state index is 13.1. The van der Waals surface area contributed by atoms with Crippen molar-refractivity contribution in [2.24, 2.45) is 0 Å². The molecular weight excluding hydrogens is 248 g/mol. The van der Waals surface area contributed by atoms with Gasteiger partial charge in [0.15, 0.2) is 23.3 Å². The van der Waals surface area contributed by atoms with Crippen molar-refractivity contribution in [2.45, 2.75) is 4.90 Å². The van der Waals surface area contributed by atoms with Crippen LogP contribution in [0.3, 0.4) is 0 Å². The number of quaternary nitrogens is 1. The van der Waals surface area contributed by atoms with Gasteiger partial charge in [-0.05, 0) is 0 Å². The fourth-order valence-corrected chi connectivity index (χ4v) is 2.22. The summed E-state index contributed by atoms with van der Waals surface area (Å²) in [5, 5.41) is 0. The van der Waals surface area contributed by atoms with E-state index in [4.69, 9.17) is 0 Å². The van der Waals surface area contributed by atoms with Crippen LogP contribution in [-0.2, 0) is 0 Å². The second kappa shape index (κ2) is 5.05. The molecule has 0 amide bonds. The van der Waals surface area contributed by atoms with Gasteiger partial charge in [0.1, 0.15) is 0 Å². The molecule has 0 aliphatic carbocycles. The summed E-state index contributed by atoms with van der Waals surface area (Å²) >= 11 is 0.710. The number of hydrogen-bond donors (Lipinski definition) is 1. The maximum absolute atomic E-state index is 13.1. The largest absolute Gasteiger partial charge is 0.527 e. The van der Waals surface area contributed by atoms with Crippen LogP contribution in [0.1, 0.15) is 0 Å². The molecule has 0 aliphatic heterocycles. The first-order chi connectivity index (χ1) is 7.36. The summed E-state index contributed by atoms with van der Waals surface area (Å²) < 4.78 is 64.4. The fourth-order valence-electron chi connectivity index (χ4n) is 1.07. The third kappa shape index (κ3) is 2.49. The van der Waals surface area contributed by atoms with Crippen LogP contribution >= 0.6 is 11.6 Å². The lowest BCUT2D eigenvalue weighted by atomic mass is 10.3. The van der Waals surface area contributed by atoms with Crippen molar-refractivity contribution in [3.05, 3.63) is 29.1 Å². The van der Waals surface area contributed by atoms with Crippen molar-refractivity contribution in [3.63, 3.8) is 0 Å². The smallest absolute Gasteiger partial charge is 0.240 e. The highest BCUT2D eigenvalue weighted by atomic mass is 32.2. The summed E-state index contributed by atoms with van der Waals surface area (Å²) in [4.78, 5) is 0.159. The molecule has 0 spiro atoms. The third-order valence-electron chi connectivity index (χ3n) is 1.88. The van der Waals surface area contributed by atoms with Crippen molar-refractivity contribution in [1.29, 1.82) is 0 Å². The molecule has 0 aromatic heterocycles. The van der Waals surface area contributed by atoms with Crippen LogP contribution in [0.5, 0.6) is 0 Å². The van der Waals surface area contributed by atoms with Crippen LogP contribution in [0.15, 0.2) is 4.90 Å². The minimum Gasteiger partial charge on any atom is -0.527 e. The van der Waals surface area contributed by atoms with Crippen LogP contribution in [0, 0.1) is 29.1 Å². The molecule has 0 fully saturated rings. The van der Waals surface area contributed by atoms with E-state index in [9.17, 15) is 22.0 Å². The van der Waals surface area contributed by atoms with Crippen molar-refractivity contribution >= 4 is 18.3 Å². The first-order valence-electron chi connectivity index (χ1n) is 4.56. The predicted octanol–water partition coefficient (Wildman–Crippen LogP) is 0.618. The highest BCUT2D eigenvalue weighted by Crippen LogP contribution is 2.29. The summed E-state index contributed by atoms with van der Waals surface area (Å²) in [5.74, 6) is -9.38. The van der Waals surface area contributed by atoms with E-state index in [1.807, 2.05) is 0 Å². The Kier molecular flexibility index (Phi) is 4.20. The van der Waals surface area contributed by atoms with E-state index in [0.29, 0.717) is 11.6 Å². The minimum absolute atomic E-state index is 0.710. The van der Waals surface area contributed by atoms with Gasteiger partial charge in [0.25, 0.3) is 0 Å². The highest BCUT2D eigenvalue weighted by molar-refractivity contribution is 8.21. The molecule has 0 aliphatic rings. The topological polar surface area (TPSA) is 4.44 Å². The summed E-state index contributed by atoms with van der Waals surface area (Å²) in [6.07, 6.45) is 0. The van der Waals surface area contributed by atoms with E-state index in [-0.39, 0.29) is 0 Å². The summed E-state index contributed by atoms with van der Waals surface area (Å²) in [7, 11) is 3.50. The van der Waals surface area contributed by atoms with Crippen LogP contribution in [0.4, 0.5) is 22.0 Å². The number of benzene rings is 1. The zero-order valence-corrected chi connectivity index (χ0v) is 9.61. The predicted molar refractivity (Wildman–Crippen MR) is 53.4 cm³/mol. The maximum Gasteiger partial charge on any atom is 0.240 e. The van der Waals surface area contributed by atoms with Gasteiger partial charge in [-0.2, -0.15) is 0 Å². The van der Waals surface area contributed by atoms with Gasteiger partial charge in [0.2, 0.25) is 12.5 Å². The Morgan fingerprint density at radius 3 is 1.56 bits per heavy atom. The monoisotopic (exact) mass is 257 g/mol. The van der Waals surface area contributed by atoms with Crippen molar-refractivity contribution in [2.75, 3.05) is 14.1 Å². The van der Waals surface area contributed by atoms with Crippen molar-refractivity contribution in [1.82, 2.24) is 0 Å². The van der Waals surface area contributed by atoms with Crippen molar-refractivity contribution < 1.29 is 26.8 Å². The molecule has 90 valence electrons. The summed E-state index contributed by atoms with van der Waals surface area (Å²) in [6.45, 7) is -0.918. The Morgan fingerprint density at radius 2 is 1.19 bits per heavy atom. The van der Waals surface area contributed by atoms with Crippen LogP contribution in [-0.4, -0.2) is 20.8 Å². The summed E-state index contributed by atoms with van der Waals surface area (Å²) in [5.41, 5.74) is 0. The second-order valence-corrected chi connectivity index (χ2v) is 5.03. The van der Waals surface area contributed by atoms with E-state index in [2.05, 4.69) is 0 Å². The highest BCUT2D eigenvalue weighted by Gasteiger charge is 2.24. The zero-order valence-electron chi connectivity index (χ0n) is 8.80. The van der Waals surface area contributed by atoms with Gasteiger partial charge >= 0.3 is 0 Å². The lowest BCUT2D eigenvalue weighted by Gasteiger charge is -2.16. The van der Waals surface area contributed by atoms with E-state index in [1.54, 1.807) is 14.1 Å². The molecule has 1 N–H and O–H groups in total. The molecule has 0 radical (unpaired) electrons. The van der Waals surface area contributed by atoms with Crippen LogP contribution < -0.4 is 4.81 Å². The Hall–Kier alpha value is -0.755. The molecule has 1 aromatic rings. The lowest BCUT2D eigenvalue weighted by molar-refractivity contribution is -0.731. The van der Waals surface area contributed by atoms with E-state index in [1.165, 1.54) is 0 Å². The van der Waals surface area contributed by atoms with Gasteiger partial charge in [-0.25, -0.2) is 22.0 Å². The molecule has 0 heterocycles. The second-order valence-electron chi connectivity index (χ2n) is 3.81. The first kappa shape index (κ1) is 13.3. The van der Waals surface area contributed by atoms with Gasteiger partial charge in [0, 0.05) is 14.1 Å². The zero-order chi connectivity index (χ0) is 12.5. The Balaban J connectivity index is 3.18. The SMILES string of the molecule is C[NH+](C)[BH2-]Sc1c(F)c(F)c(F)c(F)c1F. The number of nitrogens with one attached hydrogen (secondary N) is 1. The molecule has 8 heteroatoms. The average molecular weight is 257 g/mol. The fraction of sp³-hybridized carbons (Fsp3) is 0.250. The Morgan fingerprint density at radius 1 is 0.812 bits per heavy atom. The van der Waals surface area contributed by atoms with Crippen LogP contribution in [0.2, 0.25) is 0 Å².